The van der Waals surface area contributed by atoms with Gasteiger partial charge in [-0.1, -0.05) is 13.8 Å². The number of aromatic nitrogens is 1. The summed E-state index contributed by atoms with van der Waals surface area (Å²) in [5, 5.41) is 11.8. The monoisotopic (exact) mass is 206 g/mol. The predicted octanol–water partition coefficient (Wildman–Crippen LogP) is 3.11. The summed E-state index contributed by atoms with van der Waals surface area (Å²) in [6.45, 7) is 4.57. The van der Waals surface area contributed by atoms with Gasteiger partial charge in [-0.25, -0.2) is 4.98 Å². The van der Waals surface area contributed by atoms with E-state index in [1.165, 1.54) is 11.4 Å². The summed E-state index contributed by atoms with van der Waals surface area (Å²) in [4.78, 5) is 4.57. The Kier molecular flexibility index (Phi) is 2.32. The van der Waals surface area contributed by atoms with E-state index in [1.54, 1.807) is 11.3 Å². The van der Waals surface area contributed by atoms with Crippen molar-refractivity contribution in [3.8, 4) is 6.07 Å². The number of nitriles is 1. The second kappa shape index (κ2) is 3.36. The first kappa shape index (κ1) is 9.67. The minimum Gasteiger partial charge on any atom is -0.246 e. The molecule has 3 heteroatoms. The largest absolute Gasteiger partial charge is 0.246 e. The van der Waals surface area contributed by atoms with Crippen molar-refractivity contribution in [2.24, 2.45) is 5.41 Å². The number of thiazole rings is 1. The molecule has 74 valence electrons. The zero-order valence-electron chi connectivity index (χ0n) is 8.58. The van der Waals surface area contributed by atoms with E-state index < -0.39 is 0 Å². The van der Waals surface area contributed by atoms with E-state index in [0.717, 1.165) is 12.1 Å². The van der Waals surface area contributed by atoms with Gasteiger partial charge in [0, 0.05) is 24.1 Å². The molecule has 0 saturated heterocycles. The van der Waals surface area contributed by atoms with Crippen molar-refractivity contribution < 1.29 is 0 Å². The van der Waals surface area contributed by atoms with Crippen molar-refractivity contribution in [3.63, 3.8) is 0 Å². The molecule has 0 spiro atoms. The van der Waals surface area contributed by atoms with Crippen LogP contribution in [0.4, 0.5) is 0 Å². The second-order valence-electron chi connectivity index (χ2n) is 4.58. The fourth-order valence-electron chi connectivity index (χ4n) is 1.67. The maximum atomic E-state index is 8.46. The fourth-order valence-corrected chi connectivity index (χ4v) is 2.83. The summed E-state index contributed by atoms with van der Waals surface area (Å²) in [5.41, 5.74) is 1.55. The van der Waals surface area contributed by atoms with Gasteiger partial charge >= 0.3 is 0 Å². The number of rotatable bonds is 3. The molecule has 1 aliphatic carbocycles. The molecule has 0 aliphatic heterocycles. The van der Waals surface area contributed by atoms with E-state index in [2.05, 4.69) is 30.3 Å². The van der Waals surface area contributed by atoms with Gasteiger partial charge in [0.05, 0.1) is 16.8 Å². The van der Waals surface area contributed by atoms with Crippen LogP contribution < -0.4 is 0 Å². The van der Waals surface area contributed by atoms with E-state index in [0.29, 0.717) is 17.8 Å². The number of hydrogen-bond acceptors (Lipinski definition) is 3. The van der Waals surface area contributed by atoms with Crippen molar-refractivity contribution in [2.75, 3.05) is 0 Å². The molecule has 1 saturated carbocycles. The maximum absolute atomic E-state index is 8.46. The van der Waals surface area contributed by atoms with Crippen LogP contribution in [0.1, 0.15) is 43.3 Å². The summed E-state index contributed by atoms with van der Waals surface area (Å²) in [6.07, 6.45) is 2.65. The second-order valence-corrected chi connectivity index (χ2v) is 5.47. The molecule has 1 heterocycles. The van der Waals surface area contributed by atoms with Gasteiger partial charge in [-0.3, -0.25) is 0 Å². The molecule has 0 N–H and O–H groups in total. The molecule has 1 aromatic rings. The molecule has 1 fully saturated rings. The molecular formula is C11H14N2S. The smallest absolute Gasteiger partial charge is 0.0964 e. The Morgan fingerprint density at radius 1 is 1.71 bits per heavy atom. The van der Waals surface area contributed by atoms with Crippen LogP contribution in [0.25, 0.3) is 0 Å². The van der Waals surface area contributed by atoms with Crippen LogP contribution in [0.2, 0.25) is 0 Å². The van der Waals surface area contributed by atoms with Crippen molar-refractivity contribution in [3.05, 3.63) is 16.1 Å². The maximum Gasteiger partial charge on any atom is 0.0964 e. The van der Waals surface area contributed by atoms with E-state index >= 15 is 0 Å². The lowest BCUT2D eigenvalue weighted by Crippen LogP contribution is -1.90. The first-order chi connectivity index (χ1) is 6.63. The van der Waals surface area contributed by atoms with Gasteiger partial charge in [0.25, 0.3) is 0 Å². The third kappa shape index (κ3) is 1.80. The van der Waals surface area contributed by atoms with Crippen molar-refractivity contribution in [2.45, 2.75) is 39.0 Å². The standard InChI is InChI=1S/C11H14N2S/c1-11(2)6-9(11)10-13-8(7-14-10)4-3-5-12/h7,9H,3-4,6H2,1-2H3. The van der Waals surface area contributed by atoms with Crippen molar-refractivity contribution >= 4 is 11.3 Å². The quantitative estimate of drug-likeness (QED) is 0.762. The molecule has 2 nitrogen and oxygen atoms in total. The van der Waals surface area contributed by atoms with E-state index in [4.69, 9.17) is 5.26 Å². The topological polar surface area (TPSA) is 36.7 Å². The Hall–Kier alpha value is -0.880. The van der Waals surface area contributed by atoms with Gasteiger partial charge in [-0.2, -0.15) is 5.26 Å². The van der Waals surface area contributed by atoms with Crippen LogP contribution >= 0.6 is 11.3 Å². The Labute approximate surface area is 88.6 Å². The summed E-state index contributed by atoms with van der Waals surface area (Å²) in [7, 11) is 0. The normalized spacial score (nSPS) is 23.1. The number of nitrogens with zero attached hydrogens (tertiary/aromatic N) is 2. The molecule has 0 amide bonds. The Morgan fingerprint density at radius 2 is 2.43 bits per heavy atom. The Morgan fingerprint density at radius 3 is 3.00 bits per heavy atom. The van der Waals surface area contributed by atoms with Gasteiger partial charge in [0.2, 0.25) is 0 Å². The van der Waals surface area contributed by atoms with Crippen LogP contribution in [0.3, 0.4) is 0 Å². The van der Waals surface area contributed by atoms with E-state index in [-0.39, 0.29) is 0 Å². The van der Waals surface area contributed by atoms with E-state index in [1.807, 2.05) is 0 Å². The van der Waals surface area contributed by atoms with Crippen LogP contribution in [0, 0.1) is 16.7 Å². The molecule has 1 unspecified atom stereocenters. The van der Waals surface area contributed by atoms with Crippen molar-refractivity contribution in [1.29, 1.82) is 5.26 Å². The first-order valence-electron chi connectivity index (χ1n) is 4.95. The zero-order valence-corrected chi connectivity index (χ0v) is 9.40. The highest BCUT2D eigenvalue weighted by atomic mass is 32.1. The van der Waals surface area contributed by atoms with E-state index in [9.17, 15) is 0 Å². The van der Waals surface area contributed by atoms with Crippen LogP contribution in [-0.4, -0.2) is 4.98 Å². The lowest BCUT2D eigenvalue weighted by molar-refractivity contribution is 0.619. The molecule has 1 aromatic heterocycles. The van der Waals surface area contributed by atoms with Gasteiger partial charge < -0.3 is 0 Å². The zero-order chi connectivity index (χ0) is 10.2. The SMILES string of the molecule is CC1(C)CC1c1nc(CCC#N)cs1. The average Bonchev–Trinajstić information content (AvgIpc) is 2.63. The third-order valence-corrected chi connectivity index (χ3v) is 3.88. The number of aryl methyl sites for hydroxylation is 1. The Bertz CT molecular complexity index is 373. The van der Waals surface area contributed by atoms with Crippen molar-refractivity contribution in [1.82, 2.24) is 4.98 Å². The summed E-state index contributed by atoms with van der Waals surface area (Å²) in [5.74, 6) is 0.670. The molecule has 1 atom stereocenters. The van der Waals surface area contributed by atoms with Crippen LogP contribution in [-0.2, 0) is 6.42 Å². The predicted molar refractivity (Wildman–Crippen MR) is 57.2 cm³/mol. The molecule has 0 aromatic carbocycles. The third-order valence-electron chi connectivity index (χ3n) is 2.87. The first-order valence-corrected chi connectivity index (χ1v) is 5.83. The Balaban J connectivity index is 2.01. The highest BCUT2D eigenvalue weighted by Crippen LogP contribution is 2.59. The molecule has 0 bridgehead atoms. The van der Waals surface area contributed by atoms with Gasteiger partial charge in [0.1, 0.15) is 0 Å². The van der Waals surface area contributed by atoms with Crippen LogP contribution in [0.5, 0.6) is 0 Å². The average molecular weight is 206 g/mol. The minimum absolute atomic E-state index is 0.463. The highest BCUT2D eigenvalue weighted by Gasteiger charge is 2.48. The molecule has 0 radical (unpaired) electrons. The van der Waals surface area contributed by atoms with Gasteiger partial charge in [-0.05, 0) is 11.8 Å². The van der Waals surface area contributed by atoms with Gasteiger partial charge in [0.15, 0.2) is 0 Å². The molecule has 2 rings (SSSR count). The summed E-state index contributed by atoms with van der Waals surface area (Å²) >= 11 is 1.75. The van der Waals surface area contributed by atoms with Gasteiger partial charge in [-0.15, -0.1) is 11.3 Å². The summed E-state index contributed by atoms with van der Waals surface area (Å²) < 4.78 is 0. The molecular weight excluding hydrogens is 192 g/mol. The molecule has 14 heavy (non-hydrogen) atoms. The van der Waals surface area contributed by atoms with Crippen LogP contribution in [0.15, 0.2) is 5.38 Å². The minimum atomic E-state index is 0.463. The molecule has 1 aliphatic rings. The lowest BCUT2D eigenvalue weighted by Gasteiger charge is -1.97. The fraction of sp³-hybridized carbons (Fsp3) is 0.636. The summed E-state index contributed by atoms with van der Waals surface area (Å²) in [6, 6.07) is 2.15. The lowest BCUT2D eigenvalue weighted by atomic mass is 10.1. The highest BCUT2D eigenvalue weighted by molar-refractivity contribution is 7.09. The number of hydrogen-bond donors (Lipinski definition) is 0.